The maximum atomic E-state index is 15.4. The monoisotopic (exact) mass is 816 g/mol. The number of pyridine rings is 1. The molecule has 0 spiro atoms. The summed E-state index contributed by atoms with van der Waals surface area (Å²) in [6, 6.07) is 18.5. The number of anilines is 2. The number of hydrazine groups is 1. The van der Waals surface area contributed by atoms with Gasteiger partial charge in [0.2, 0.25) is 11.8 Å². The van der Waals surface area contributed by atoms with Crippen LogP contribution in [0.3, 0.4) is 0 Å². The number of rotatable bonds is 8. The molecule has 3 heterocycles. The molecule has 0 bridgehead atoms. The maximum absolute atomic E-state index is 15.4. The van der Waals surface area contributed by atoms with Crippen LogP contribution in [-0.2, 0) is 30.8 Å². The molecule has 57 heavy (non-hydrogen) atoms. The minimum Gasteiger partial charge on any atom is -0.504 e. The van der Waals surface area contributed by atoms with Gasteiger partial charge in [-0.15, -0.1) is 0 Å². The van der Waals surface area contributed by atoms with Crippen LogP contribution in [0.25, 0.3) is 6.08 Å². The molecule has 4 amide bonds. The van der Waals surface area contributed by atoms with Crippen LogP contribution in [0, 0.1) is 23.7 Å². The Morgan fingerprint density at radius 3 is 2.35 bits per heavy atom. The normalized spacial score (nSPS) is 25.5. The lowest BCUT2D eigenvalue weighted by Crippen LogP contribution is -2.53. The molecule has 0 radical (unpaired) electrons. The number of hydrogen-bond acceptors (Lipinski definition) is 8. The second-order valence-corrected chi connectivity index (χ2v) is 15.2. The van der Waals surface area contributed by atoms with Crippen molar-refractivity contribution < 1.29 is 42.2 Å². The predicted octanol–water partition coefficient (Wildman–Crippen LogP) is 8.34. The molecule has 2 saturated heterocycles. The van der Waals surface area contributed by atoms with E-state index < -0.39 is 69.5 Å². The summed E-state index contributed by atoms with van der Waals surface area (Å²) in [5.41, 5.74) is 2.41. The molecule has 2 aliphatic carbocycles. The number of benzene rings is 3. The van der Waals surface area contributed by atoms with Crippen molar-refractivity contribution in [2.45, 2.75) is 37.3 Å². The molecule has 8 rings (SSSR count). The number of aromatic nitrogens is 1. The Morgan fingerprint density at radius 1 is 0.982 bits per heavy atom. The summed E-state index contributed by atoms with van der Waals surface area (Å²) in [6.45, 7) is 5.70. The van der Waals surface area contributed by atoms with Gasteiger partial charge < -0.3 is 9.84 Å². The van der Waals surface area contributed by atoms with Crippen LogP contribution in [0.2, 0.25) is 10.0 Å². The van der Waals surface area contributed by atoms with E-state index in [1.165, 1.54) is 11.0 Å². The number of hydrogen-bond donors (Lipinski definition) is 2. The van der Waals surface area contributed by atoms with E-state index in [1.54, 1.807) is 73.7 Å². The molecule has 1 saturated carbocycles. The number of phenols is 1. The fraction of sp³-hybridized carbons (Fsp3) is 0.262. The number of fused-ring (bicyclic) bond motifs is 4. The number of nitrogens with one attached hydrogen (secondary N) is 1. The van der Waals surface area contributed by atoms with Gasteiger partial charge in [-0.1, -0.05) is 77.8 Å². The molecular formula is C42H33Cl2F3N4O6. The second kappa shape index (κ2) is 14.1. The number of carbonyl (C=O) groups is 4. The molecule has 0 unspecified atom stereocenters. The molecule has 6 atom stereocenters. The first-order chi connectivity index (χ1) is 27.2. The van der Waals surface area contributed by atoms with Gasteiger partial charge >= 0.3 is 6.18 Å². The van der Waals surface area contributed by atoms with Crippen LogP contribution in [0.15, 0.2) is 97.2 Å². The van der Waals surface area contributed by atoms with E-state index in [4.69, 9.17) is 27.9 Å². The van der Waals surface area contributed by atoms with Crippen molar-refractivity contribution in [3.05, 3.63) is 130 Å². The molecule has 4 aromatic rings. The highest BCUT2D eigenvalue weighted by atomic mass is 35.5. The van der Waals surface area contributed by atoms with Crippen LogP contribution < -0.4 is 15.1 Å². The highest BCUT2D eigenvalue weighted by molar-refractivity contribution is 6.33. The van der Waals surface area contributed by atoms with E-state index in [0.29, 0.717) is 39.7 Å². The van der Waals surface area contributed by atoms with Crippen LogP contribution >= 0.6 is 23.2 Å². The Bertz CT molecular complexity index is 2390. The second-order valence-electron chi connectivity index (χ2n) is 14.4. The lowest BCUT2D eigenvalue weighted by atomic mass is 9.49. The van der Waals surface area contributed by atoms with Crippen molar-refractivity contribution in [3.63, 3.8) is 0 Å². The number of imide groups is 2. The van der Waals surface area contributed by atoms with Crippen molar-refractivity contribution in [2.24, 2.45) is 23.7 Å². The maximum Gasteiger partial charge on any atom is 0.417 e. The zero-order valence-corrected chi connectivity index (χ0v) is 31.6. The Morgan fingerprint density at radius 2 is 1.70 bits per heavy atom. The Kier molecular flexibility index (Phi) is 9.43. The number of halogens is 5. The average Bonchev–Trinajstić information content (AvgIpc) is 3.57. The molecule has 2 N–H and O–H groups in total. The van der Waals surface area contributed by atoms with E-state index >= 15 is 4.79 Å². The molecule has 292 valence electrons. The third kappa shape index (κ3) is 5.97. The first-order valence-electron chi connectivity index (χ1n) is 18.1. The van der Waals surface area contributed by atoms with Crippen LogP contribution in [0.1, 0.15) is 47.9 Å². The minimum atomic E-state index is -4.76. The van der Waals surface area contributed by atoms with Crippen molar-refractivity contribution in [1.29, 1.82) is 0 Å². The van der Waals surface area contributed by atoms with Gasteiger partial charge in [0.05, 0.1) is 46.0 Å². The number of alkyl halides is 3. The Hall–Kier alpha value is -5.66. The third-order valence-corrected chi connectivity index (χ3v) is 12.1. The van der Waals surface area contributed by atoms with Gasteiger partial charge in [0.15, 0.2) is 17.3 Å². The van der Waals surface area contributed by atoms with Crippen molar-refractivity contribution in [3.8, 4) is 11.5 Å². The highest BCUT2D eigenvalue weighted by Crippen LogP contribution is 2.64. The predicted molar refractivity (Wildman–Crippen MR) is 205 cm³/mol. The Balaban J connectivity index is 1.31. The fourth-order valence-corrected chi connectivity index (χ4v) is 9.49. The van der Waals surface area contributed by atoms with Gasteiger partial charge in [-0.3, -0.25) is 29.5 Å². The summed E-state index contributed by atoms with van der Waals surface area (Å²) in [7, 11) is 0. The average molecular weight is 818 g/mol. The third-order valence-electron chi connectivity index (χ3n) is 11.6. The summed E-state index contributed by atoms with van der Waals surface area (Å²) in [4.78, 5) is 63.9. The minimum absolute atomic E-state index is 0.0539. The van der Waals surface area contributed by atoms with Crippen LogP contribution in [-0.4, -0.2) is 45.3 Å². The molecule has 3 aromatic carbocycles. The smallest absolute Gasteiger partial charge is 0.417 e. The summed E-state index contributed by atoms with van der Waals surface area (Å²) >= 11 is 12.6. The van der Waals surface area contributed by atoms with Crippen LogP contribution in [0.5, 0.6) is 11.5 Å². The lowest BCUT2D eigenvalue weighted by Gasteiger charge is -2.50. The summed E-state index contributed by atoms with van der Waals surface area (Å²) < 4.78 is 46.3. The first kappa shape index (κ1) is 38.2. The summed E-state index contributed by atoms with van der Waals surface area (Å²) in [6.07, 6.45) is -0.606. The number of aromatic hydroxyl groups is 1. The van der Waals surface area contributed by atoms with Gasteiger partial charge in [-0.25, -0.2) is 4.98 Å². The van der Waals surface area contributed by atoms with Gasteiger partial charge in [0.1, 0.15) is 0 Å². The number of carbonyl (C=O) groups excluding carboxylic acids is 4. The zero-order valence-electron chi connectivity index (χ0n) is 30.1. The number of phenolic OH excluding ortho intramolecular Hbond substituents is 1. The number of nitrogens with zero attached hydrogens (tertiary/aromatic N) is 3. The SMILES string of the molecule is C=Cc1ccc(N2C(=O)[C@H]3[C@H](CC=C4[C@H]3C[C@H]3C(=O)N(Nc5ncc(C(F)(F)F)cc5Cl)C(=O)[C@@]3(c3ccc(Cl)cc3)[C@H]4c3ccc(O)c(OCC)c3)C2=O)cc1. The number of ether oxygens (including phenoxy) is 1. The largest absolute Gasteiger partial charge is 0.504 e. The van der Waals surface area contributed by atoms with Crippen molar-refractivity contribution in [1.82, 2.24) is 9.99 Å². The standard InChI is InChI=1S/C42H33Cl2F3N4O6/c1-3-21-5-12-26(13-6-21)50-37(53)28-15-14-27-29(34(28)39(50)55)19-30-38(54)51(49-36-31(44)18-24(20-48-36)42(45,46)47)40(56)41(30,23-8-10-25(43)11-9-23)35(27)22-7-16-32(52)33(17-22)57-4-2/h3,5-14,16-18,20,28-30,34-35,52H,1,4,15,19H2,2H3,(H,48,49)/t28-,29+,30-,34-,35-,41+/m0/s1. The van der Waals surface area contributed by atoms with Gasteiger partial charge in [0, 0.05) is 17.1 Å². The number of allylic oxidation sites excluding steroid dienone is 2. The van der Waals surface area contributed by atoms with E-state index in [-0.39, 0.29) is 42.7 Å². The van der Waals surface area contributed by atoms with Gasteiger partial charge in [-0.2, -0.15) is 18.2 Å². The van der Waals surface area contributed by atoms with E-state index in [9.17, 15) is 32.7 Å². The van der Waals surface area contributed by atoms with Gasteiger partial charge in [-0.05, 0) is 84.8 Å². The quantitative estimate of drug-likeness (QED) is 0.134. The summed E-state index contributed by atoms with van der Waals surface area (Å²) in [5, 5.41) is 11.4. The van der Waals surface area contributed by atoms with Crippen molar-refractivity contribution >= 4 is 64.4 Å². The molecule has 1 aromatic heterocycles. The molecule has 2 aliphatic heterocycles. The topological polar surface area (TPSA) is 129 Å². The number of amides is 4. The highest BCUT2D eigenvalue weighted by Gasteiger charge is 2.70. The molecule has 3 fully saturated rings. The summed E-state index contributed by atoms with van der Waals surface area (Å²) in [5.74, 6) is -7.36. The molecular weight excluding hydrogens is 784 g/mol. The lowest BCUT2D eigenvalue weighted by molar-refractivity contribution is -0.139. The van der Waals surface area contributed by atoms with E-state index in [0.717, 1.165) is 10.6 Å². The van der Waals surface area contributed by atoms with Gasteiger partial charge in [0.25, 0.3) is 11.8 Å². The molecule has 15 heteroatoms. The molecule has 10 nitrogen and oxygen atoms in total. The van der Waals surface area contributed by atoms with E-state index in [1.807, 2.05) is 6.08 Å². The fourth-order valence-electron chi connectivity index (χ4n) is 9.15. The first-order valence-corrected chi connectivity index (χ1v) is 18.9. The molecule has 4 aliphatic rings. The van der Waals surface area contributed by atoms with E-state index in [2.05, 4.69) is 17.0 Å². The van der Waals surface area contributed by atoms with Crippen LogP contribution in [0.4, 0.5) is 24.7 Å². The zero-order chi connectivity index (χ0) is 40.6. The Labute approximate surface area is 334 Å². The van der Waals surface area contributed by atoms with Crippen molar-refractivity contribution in [2.75, 3.05) is 16.9 Å².